The molecule has 0 aromatic rings. The molecule has 7 atom stereocenters. The van der Waals surface area contributed by atoms with Gasteiger partial charge < -0.3 is 24.4 Å². The standard InChI is InChI=1S/C14H24O6/c1-4-9-7(2)18-12(16)6-11(9)20-13-5-10(15)14(17)8(3)19-13/h7-11,13-15,17H,4-6H2,1-3H3/t7-,8+,9+,10+,11-,13+,14-/m1/s1. The highest BCUT2D eigenvalue weighted by molar-refractivity contribution is 5.71. The first-order valence-corrected chi connectivity index (χ1v) is 7.28. The van der Waals surface area contributed by atoms with Crippen LogP contribution in [0.25, 0.3) is 0 Å². The Hall–Kier alpha value is -0.690. The summed E-state index contributed by atoms with van der Waals surface area (Å²) in [5, 5.41) is 19.4. The summed E-state index contributed by atoms with van der Waals surface area (Å²) in [5.41, 5.74) is 0. The maximum atomic E-state index is 11.5. The van der Waals surface area contributed by atoms with Crippen molar-refractivity contribution in [3.05, 3.63) is 0 Å². The monoisotopic (exact) mass is 288 g/mol. The third-order valence-electron chi connectivity index (χ3n) is 4.24. The lowest BCUT2D eigenvalue weighted by Gasteiger charge is -2.40. The van der Waals surface area contributed by atoms with Crippen LogP contribution in [0.5, 0.6) is 0 Å². The Labute approximate surface area is 119 Å². The van der Waals surface area contributed by atoms with Gasteiger partial charge in [-0.2, -0.15) is 0 Å². The average Bonchev–Trinajstić information content (AvgIpc) is 2.35. The molecule has 20 heavy (non-hydrogen) atoms. The second kappa shape index (κ2) is 6.39. The molecule has 0 saturated carbocycles. The fourth-order valence-corrected chi connectivity index (χ4v) is 3.01. The normalized spacial score (nSPS) is 46.0. The minimum atomic E-state index is -0.896. The Bertz CT molecular complexity index is 335. The summed E-state index contributed by atoms with van der Waals surface area (Å²) in [6.45, 7) is 5.59. The van der Waals surface area contributed by atoms with Gasteiger partial charge in [0.2, 0.25) is 0 Å². The topological polar surface area (TPSA) is 85.2 Å². The number of aliphatic hydroxyl groups is 2. The van der Waals surface area contributed by atoms with Gasteiger partial charge in [0.1, 0.15) is 12.2 Å². The first-order chi connectivity index (χ1) is 9.42. The Morgan fingerprint density at radius 3 is 2.60 bits per heavy atom. The first-order valence-electron chi connectivity index (χ1n) is 7.28. The Balaban J connectivity index is 1.98. The van der Waals surface area contributed by atoms with Crippen molar-refractivity contribution >= 4 is 5.97 Å². The van der Waals surface area contributed by atoms with Crippen LogP contribution in [0.2, 0.25) is 0 Å². The van der Waals surface area contributed by atoms with Crippen LogP contribution in [-0.2, 0) is 19.0 Å². The van der Waals surface area contributed by atoms with Gasteiger partial charge in [0.25, 0.3) is 0 Å². The van der Waals surface area contributed by atoms with E-state index in [0.717, 1.165) is 6.42 Å². The Morgan fingerprint density at radius 1 is 1.30 bits per heavy atom. The quantitative estimate of drug-likeness (QED) is 0.739. The molecule has 2 heterocycles. The number of aliphatic hydroxyl groups excluding tert-OH is 2. The van der Waals surface area contributed by atoms with Gasteiger partial charge in [-0.25, -0.2) is 0 Å². The molecule has 2 rings (SSSR count). The highest BCUT2D eigenvalue weighted by Gasteiger charge is 2.40. The van der Waals surface area contributed by atoms with E-state index in [-0.39, 0.29) is 36.9 Å². The summed E-state index contributed by atoms with van der Waals surface area (Å²) < 4.78 is 16.6. The number of cyclic esters (lactones) is 1. The van der Waals surface area contributed by atoms with Crippen molar-refractivity contribution < 1.29 is 29.2 Å². The van der Waals surface area contributed by atoms with Crippen LogP contribution in [0, 0.1) is 5.92 Å². The van der Waals surface area contributed by atoms with Crippen LogP contribution in [-0.4, -0.2) is 53.0 Å². The molecule has 2 N–H and O–H groups in total. The molecule has 116 valence electrons. The average molecular weight is 288 g/mol. The highest BCUT2D eigenvalue weighted by atomic mass is 16.7. The van der Waals surface area contributed by atoms with Gasteiger partial charge in [-0.3, -0.25) is 4.79 Å². The number of esters is 1. The lowest BCUT2D eigenvalue weighted by molar-refractivity contribution is -0.272. The van der Waals surface area contributed by atoms with E-state index >= 15 is 0 Å². The van der Waals surface area contributed by atoms with E-state index < -0.39 is 24.6 Å². The summed E-state index contributed by atoms with van der Waals surface area (Å²) in [4.78, 5) is 11.5. The molecule has 0 unspecified atom stereocenters. The molecule has 2 saturated heterocycles. The minimum absolute atomic E-state index is 0.121. The highest BCUT2D eigenvalue weighted by Crippen LogP contribution is 2.31. The fraction of sp³-hybridized carbons (Fsp3) is 0.929. The summed E-state index contributed by atoms with van der Waals surface area (Å²) in [7, 11) is 0. The Kier molecular flexibility index (Phi) is 5.01. The molecular weight excluding hydrogens is 264 g/mol. The van der Waals surface area contributed by atoms with Crippen molar-refractivity contribution in [2.45, 2.75) is 76.8 Å². The van der Waals surface area contributed by atoms with E-state index in [1.54, 1.807) is 6.92 Å². The van der Waals surface area contributed by atoms with Crippen LogP contribution in [0.1, 0.15) is 40.0 Å². The van der Waals surface area contributed by atoms with E-state index in [4.69, 9.17) is 14.2 Å². The van der Waals surface area contributed by atoms with Gasteiger partial charge in [-0.15, -0.1) is 0 Å². The van der Waals surface area contributed by atoms with Crippen LogP contribution in [0.4, 0.5) is 0 Å². The maximum absolute atomic E-state index is 11.5. The van der Waals surface area contributed by atoms with E-state index in [9.17, 15) is 15.0 Å². The second-order valence-corrected chi connectivity index (χ2v) is 5.71. The molecule has 6 nitrogen and oxygen atoms in total. The minimum Gasteiger partial charge on any atom is -0.462 e. The molecule has 6 heteroatoms. The molecule has 2 aliphatic heterocycles. The van der Waals surface area contributed by atoms with Gasteiger partial charge in [-0.05, 0) is 20.3 Å². The number of carbonyl (C=O) groups excluding carboxylic acids is 1. The second-order valence-electron chi connectivity index (χ2n) is 5.71. The predicted molar refractivity (Wildman–Crippen MR) is 69.8 cm³/mol. The summed E-state index contributed by atoms with van der Waals surface area (Å²) in [5.74, 6) is -0.146. The molecule has 0 amide bonds. The SMILES string of the molecule is CC[C@H]1[C@@H](C)OC(=O)C[C@H]1O[C@H]1C[C@H](O)[C@H](O)[C@H](C)O1. The zero-order chi connectivity index (χ0) is 14.9. The van der Waals surface area contributed by atoms with Crippen molar-refractivity contribution in [2.24, 2.45) is 5.92 Å². The number of hydrogen-bond donors (Lipinski definition) is 2. The van der Waals surface area contributed by atoms with Gasteiger partial charge in [0, 0.05) is 12.3 Å². The number of rotatable bonds is 3. The molecule has 0 aliphatic carbocycles. The van der Waals surface area contributed by atoms with Crippen molar-refractivity contribution in [3.8, 4) is 0 Å². The van der Waals surface area contributed by atoms with Crippen LogP contribution < -0.4 is 0 Å². The predicted octanol–water partition coefficient (Wildman–Crippen LogP) is 0.590. The van der Waals surface area contributed by atoms with Crippen LogP contribution in [0.15, 0.2) is 0 Å². The molecule has 0 aromatic carbocycles. The smallest absolute Gasteiger partial charge is 0.308 e. The molecule has 0 bridgehead atoms. The Morgan fingerprint density at radius 2 is 2.00 bits per heavy atom. The molecule has 0 radical (unpaired) electrons. The van der Waals surface area contributed by atoms with Gasteiger partial charge in [-0.1, -0.05) is 6.92 Å². The lowest BCUT2D eigenvalue weighted by Crippen LogP contribution is -2.50. The number of ether oxygens (including phenoxy) is 3. The molecular formula is C14H24O6. The van der Waals surface area contributed by atoms with Gasteiger partial charge in [0.05, 0.1) is 24.7 Å². The van der Waals surface area contributed by atoms with Crippen LogP contribution in [0.3, 0.4) is 0 Å². The molecule has 2 fully saturated rings. The zero-order valence-electron chi connectivity index (χ0n) is 12.2. The van der Waals surface area contributed by atoms with E-state index in [1.165, 1.54) is 0 Å². The van der Waals surface area contributed by atoms with Crippen molar-refractivity contribution in [3.63, 3.8) is 0 Å². The van der Waals surface area contributed by atoms with Gasteiger partial charge in [0.15, 0.2) is 6.29 Å². The van der Waals surface area contributed by atoms with Crippen molar-refractivity contribution in [1.82, 2.24) is 0 Å². The number of hydrogen-bond acceptors (Lipinski definition) is 6. The van der Waals surface area contributed by atoms with E-state index in [2.05, 4.69) is 0 Å². The van der Waals surface area contributed by atoms with Crippen LogP contribution >= 0.6 is 0 Å². The van der Waals surface area contributed by atoms with Crippen molar-refractivity contribution in [2.75, 3.05) is 0 Å². The van der Waals surface area contributed by atoms with E-state index in [1.807, 2.05) is 13.8 Å². The summed E-state index contributed by atoms with van der Waals surface area (Å²) in [6, 6.07) is 0. The third kappa shape index (κ3) is 3.31. The maximum Gasteiger partial charge on any atom is 0.308 e. The van der Waals surface area contributed by atoms with Gasteiger partial charge >= 0.3 is 5.97 Å². The largest absolute Gasteiger partial charge is 0.462 e. The zero-order valence-corrected chi connectivity index (χ0v) is 12.2. The molecule has 0 spiro atoms. The number of carbonyl (C=O) groups is 1. The summed E-state index contributed by atoms with van der Waals surface area (Å²) in [6.07, 6.45) is -2.04. The fourth-order valence-electron chi connectivity index (χ4n) is 3.01. The third-order valence-corrected chi connectivity index (χ3v) is 4.24. The summed E-state index contributed by atoms with van der Waals surface area (Å²) >= 11 is 0. The van der Waals surface area contributed by atoms with Crippen molar-refractivity contribution in [1.29, 1.82) is 0 Å². The van der Waals surface area contributed by atoms with E-state index in [0.29, 0.717) is 0 Å². The first kappa shape index (κ1) is 15.7. The molecule has 0 aromatic heterocycles. The lowest BCUT2D eigenvalue weighted by atomic mass is 9.89. The molecule has 2 aliphatic rings.